The Morgan fingerprint density at radius 2 is 2.06 bits per heavy atom. The van der Waals surface area contributed by atoms with Crippen molar-refractivity contribution in [3.8, 4) is 6.07 Å². The average molecular weight is 417 g/mol. The van der Waals surface area contributed by atoms with E-state index in [-0.39, 0.29) is 10.0 Å². The molecule has 0 fully saturated rings. The first-order chi connectivity index (χ1) is 8.61. The predicted molar refractivity (Wildman–Crippen MR) is 81.3 cm³/mol. The zero-order valence-corrected chi connectivity index (χ0v) is 12.8. The van der Waals surface area contributed by atoms with Crippen LogP contribution in [0.3, 0.4) is 0 Å². The highest BCUT2D eigenvalue weighted by Gasteiger charge is 2.11. The van der Waals surface area contributed by atoms with Crippen LogP contribution >= 0.6 is 38.5 Å². The van der Waals surface area contributed by atoms with Crippen molar-refractivity contribution < 1.29 is 4.39 Å². The Kier molecular flexibility index (Phi) is 4.19. The van der Waals surface area contributed by atoms with E-state index in [4.69, 9.17) is 5.26 Å². The highest BCUT2D eigenvalue weighted by molar-refractivity contribution is 14.1. The molecule has 2 aromatic rings. The Hall–Kier alpha value is -1.13. The van der Waals surface area contributed by atoms with E-state index in [0.29, 0.717) is 5.69 Å². The number of halogens is 3. The van der Waals surface area contributed by atoms with Crippen molar-refractivity contribution in [2.75, 3.05) is 5.32 Å². The molecule has 0 radical (unpaired) electrons. The molecule has 2 aromatic carbocycles. The van der Waals surface area contributed by atoms with Gasteiger partial charge in [0.2, 0.25) is 0 Å². The van der Waals surface area contributed by atoms with Crippen LogP contribution in [0.4, 0.5) is 15.8 Å². The lowest BCUT2D eigenvalue weighted by molar-refractivity contribution is 0.624. The van der Waals surface area contributed by atoms with Gasteiger partial charge in [0.1, 0.15) is 6.07 Å². The Bertz CT molecular complexity index is 637. The van der Waals surface area contributed by atoms with Gasteiger partial charge in [0.05, 0.1) is 15.7 Å². The van der Waals surface area contributed by atoms with Crippen molar-refractivity contribution in [2.45, 2.75) is 0 Å². The number of nitrogens with zero attached hydrogens (tertiary/aromatic N) is 1. The van der Waals surface area contributed by atoms with E-state index in [9.17, 15) is 4.39 Å². The first-order valence-electron chi connectivity index (χ1n) is 5.02. The smallest absolute Gasteiger partial charge is 0.162 e. The molecule has 5 heteroatoms. The van der Waals surface area contributed by atoms with Gasteiger partial charge in [0.15, 0.2) is 5.82 Å². The van der Waals surface area contributed by atoms with Crippen LogP contribution in [-0.4, -0.2) is 0 Å². The van der Waals surface area contributed by atoms with Gasteiger partial charge in [-0.3, -0.25) is 0 Å². The van der Waals surface area contributed by atoms with E-state index in [1.54, 1.807) is 12.1 Å². The lowest BCUT2D eigenvalue weighted by atomic mass is 10.2. The molecule has 90 valence electrons. The van der Waals surface area contributed by atoms with Crippen LogP contribution in [0, 0.1) is 20.7 Å². The number of hydrogen-bond acceptors (Lipinski definition) is 2. The molecule has 0 atom stereocenters. The van der Waals surface area contributed by atoms with Gasteiger partial charge in [0, 0.05) is 9.26 Å². The minimum absolute atomic E-state index is 0.181. The molecular formula is C13H7BrFIN2. The van der Waals surface area contributed by atoms with E-state index >= 15 is 0 Å². The second-order valence-electron chi connectivity index (χ2n) is 3.54. The molecule has 0 bridgehead atoms. The molecule has 0 aromatic heterocycles. The maximum absolute atomic E-state index is 14.0. The molecule has 0 unspecified atom stereocenters. The van der Waals surface area contributed by atoms with E-state index in [1.165, 1.54) is 0 Å². The van der Waals surface area contributed by atoms with Crippen LogP contribution in [-0.2, 0) is 0 Å². The highest BCUT2D eigenvalue weighted by atomic mass is 127. The summed E-state index contributed by atoms with van der Waals surface area (Å²) in [5.41, 5.74) is 1.42. The highest BCUT2D eigenvalue weighted by Crippen LogP contribution is 2.29. The molecule has 0 amide bonds. The van der Waals surface area contributed by atoms with Crippen LogP contribution in [0.15, 0.2) is 40.9 Å². The summed E-state index contributed by atoms with van der Waals surface area (Å²) in [6, 6.07) is 12.7. The summed E-state index contributed by atoms with van der Waals surface area (Å²) < 4.78 is 15.2. The monoisotopic (exact) mass is 416 g/mol. The van der Waals surface area contributed by atoms with Crippen molar-refractivity contribution in [1.82, 2.24) is 0 Å². The zero-order valence-electron chi connectivity index (χ0n) is 9.05. The molecule has 2 rings (SSSR count). The van der Waals surface area contributed by atoms with Gasteiger partial charge >= 0.3 is 0 Å². The minimum Gasteiger partial charge on any atom is -0.353 e. The number of nitriles is 1. The fourth-order valence-corrected chi connectivity index (χ4v) is 2.43. The molecule has 0 aliphatic heterocycles. The largest absolute Gasteiger partial charge is 0.353 e. The number of hydrogen-bond donors (Lipinski definition) is 1. The third-order valence-corrected chi connectivity index (χ3v) is 3.75. The van der Waals surface area contributed by atoms with Crippen molar-refractivity contribution >= 4 is 49.9 Å². The van der Waals surface area contributed by atoms with E-state index in [1.807, 2.05) is 30.3 Å². The maximum atomic E-state index is 14.0. The van der Waals surface area contributed by atoms with Gasteiger partial charge in [-0.15, -0.1) is 0 Å². The van der Waals surface area contributed by atoms with Crippen LogP contribution in [0.2, 0.25) is 0 Å². The lowest BCUT2D eigenvalue weighted by Gasteiger charge is -2.09. The molecular weight excluding hydrogens is 410 g/mol. The molecule has 1 N–H and O–H groups in total. The lowest BCUT2D eigenvalue weighted by Crippen LogP contribution is -1.96. The fourth-order valence-electron chi connectivity index (χ4n) is 1.45. The SMILES string of the molecule is N#Cc1ccc(Nc2cccc(I)c2)c(F)c1Br. The summed E-state index contributed by atoms with van der Waals surface area (Å²) in [6.07, 6.45) is 0. The van der Waals surface area contributed by atoms with Crippen LogP contribution in [0.5, 0.6) is 0 Å². The predicted octanol–water partition coefficient (Wildman–Crippen LogP) is 4.81. The van der Waals surface area contributed by atoms with Gasteiger partial charge in [-0.25, -0.2) is 4.39 Å². The third kappa shape index (κ3) is 2.82. The molecule has 18 heavy (non-hydrogen) atoms. The average Bonchev–Trinajstić information content (AvgIpc) is 2.35. The first kappa shape index (κ1) is 13.3. The summed E-state index contributed by atoms with van der Waals surface area (Å²) in [5.74, 6) is -0.465. The molecule has 0 aliphatic carbocycles. The van der Waals surface area contributed by atoms with Crippen molar-refractivity contribution in [2.24, 2.45) is 0 Å². The summed E-state index contributed by atoms with van der Waals surface area (Å²) in [7, 11) is 0. The van der Waals surface area contributed by atoms with E-state index in [0.717, 1.165) is 9.26 Å². The van der Waals surface area contributed by atoms with Gasteiger partial charge in [-0.2, -0.15) is 5.26 Å². The molecule has 0 aliphatic rings. The summed E-state index contributed by atoms with van der Waals surface area (Å²) >= 11 is 5.27. The van der Waals surface area contributed by atoms with Crippen molar-refractivity contribution in [1.29, 1.82) is 5.26 Å². The summed E-state index contributed by atoms with van der Waals surface area (Å²) in [5, 5.41) is 11.8. The van der Waals surface area contributed by atoms with Crippen LogP contribution in [0.1, 0.15) is 5.56 Å². The van der Waals surface area contributed by atoms with Gasteiger partial charge < -0.3 is 5.32 Å². The Balaban J connectivity index is 2.36. The van der Waals surface area contributed by atoms with Crippen LogP contribution < -0.4 is 5.32 Å². The maximum Gasteiger partial charge on any atom is 0.162 e. The molecule has 0 saturated heterocycles. The standard InChI is InChI=1S/C13H7BrFIN2/c14-12-8(7-17)4-5-11(13(12)15)18-10-3-1-2-9(16)6-10/h1-6,18H. The van der Waals surface area contributed by atoms with Crippen molar-refractivity contribution in [3.63, 3.8) is 0 Å². The first-order valence-corrected chi connectivity index (χ1v) is 6.89. The second kappa shape index (κ2) is 5.67. The third-order valence-electron chi connectivity index (χ3n) is 2.31. The van der Waals surface area contributed by atoms with Gasteiger partial charge in [-0.1, -0.05) is 6.07 Å². The van der Waals surface area contributed by atoms with Crippen LogP contribution in [0.25, 0.3) is 0 Å². The normalized spacial score (nSPS) is 9.89. The zero-order chi connectivity index (χ0) is 13.1. The Morgan fingerprint density at radius 3 is 2.72 bits per heavy atom. The molecule has 0 saturated carbocycles. The van der Waals surface area contributed by atoms with E-state index < -0.39 is 5.82 Å². The number of nitrogens with one attached hydrogen (secondary N) is 1. The number of rotatable bonds is 2. The summed E-state index contributed by atoms with van der Waals surface area (Å²) in [4.78, 5) is 0. The minimum atomic E-state index is -0.465. The summed E-state index contributed by atoms with van der Waals surface area (Å²) in [6.45, 7) is 0. The van der Waals surface area contributed by atoms with Crippen molar-refractivity contribution in [3.05, 3.63) is 55.8 Å². The van der Waals surface area contributed by atoms with Gasteiger partial charge in [0.25, 0.3) is 0 Å². The molecule has 2 nitrogen and oxygen atoms in total. The molecule has 0 spiro atoms. The Labute approximate surface area is 126 Å². The Morgan fingerprint density at radius 1 is 1.28 bits per heavy atom. The number of anilines is 2. The molecule has 0 heterocycles. The topological polar surface area (TPSA) is 35.8 Å². The number of benzene rings is 2. The second-order valence-corrected chi connectivity index (χ2v) is 5.57. The van der Waals surface area contributed by atoms with E-state index in [2.05, 4.69) is 43.8 Å². The fraction of sp³-hybridized carbons (Fsp3) is 0. The van der Waals surface area contributed by atoms with Gasteiger partial charge in [-0.05, 0) is 68.9 Å². The quantitative estimate of drug-likeness (QED) is 0.713.